The lowest BCUT2D eigenvalue weighted by atomic mass is 10.0. The molecule has 0 aromatic heterocycles. The molecule has 1 rings (SSSR count). The number of rotatable bonds is 5. The summed E-state index contributed by atoms with van der Waals surface area (Å²) in [6.45, 7) is 4.95. The highest BCUT2D eigenvalue weighted by Gasteiger charge is 2.02. The van der Waals surface area contributed by atoms with Gasteiger partial charge in [0.15, 0.2) is 0 Å². The highest BCUT2D eigenvalue weighted by molar-refractivity contribution is 5.24. The molecular weight excluding hydrogens is 182 g/mol. The average Bonchev–Trinajstić information content (AvgIpc) is 2.27. The van der Waals surface area contributed by atoms with E-state index in [2.05, 4.69) is 49.4 Å². The number of hydrogen-bond donors (Lipinski definition) is 1. The third kappa shape index (κ3) is 3.77. The SMILES string of the molecule is C#CCNC(C)c1ccc(CCC)cc1. The molecule has 1 N–H and O–H groups in total. The van der Waals surface area contributed by atoms with Gasteiger partial charge < -0.3 is 0 Å². The van der Waals surface area contributed by atoms with E-state index in [4.69, 9.17) is 6.42 Å². The number of aryl methyl sites for hydroxylation is 1. The van der Waals surface area contributed by atoms with Crippen LogP contribution in [0.4, 0.5) is 0 Å². The standard InChI is InChI=1S/C14H19N/c1-4-6-13-7-9-14(10-8-13)12(3)15-11-5-2/h2,7-10,12,15H,4,6,11H2,1,3H3. The van der Waals surface area contributed by atoms with Gasteiger partial charge in [-0.1, -0.05) is 43.5 Å². The van der Waals surface area contributed by atoms with Gasteiger partial charge in [0.05, 0.1) is 6.54 Å². The lowest BCUT2D eigenvalue weighted by molar-refractivity contribution is 0.623. The molecule has 1 aromatic carbocycles. The summed E-state index contributed by atoms with van der Waals surface area (Å²) in [5, 5.41) is 3.26. The minimum absolute atomic E-state index is 0.330. The number of benzene rings is 1. The average molecular weight is 201 g/mol. The Morgan fingerprint density at radius 1 is 1.33 bits per heavy atom. The van der Waals surface area contributed by atoms with Crippen molar-refractivity contribution < 1.29 is 0 Å². The molecule has 15 heavy (non-hydrogen) atoms. The van der Waals surface area contributed by atoms with Crippen molar-refractivity contribution >= 4 is 0 Å². The maximum absolute atomic E-state index is 5.21. The first-order valence-corrected chi connectivity index (χ1v) is 5.53. The van der Waals surface area contributed by atoms with Crippen LogP contribution in [0.5, 0.6) is 0 Å². The van der Waals surface area contributed by atoms with E-state index in [-0.39, 0.29) is 0 Å². The summed E-state index contributed by atoms with van der Waals surface area (Å²) in [7, 11) is 0. The van der Waals surface area contributed by atoms with Crippen molar-refractivity contribution in [1.82, 2.24) is 5.32 Å². The molecule has 80 valence electrons. The predicted octanol–water partition coefficient (Wildman–Crippen LogP) is 2.92. The van der Waals surface area contributed by atoms with E-state index < -0.39 is 0 Å². The third-order valence-electron chi connectivity index (χ3n) is 2.53. The fourth-order valence-corrected chi connectivity index (χ4v) is 1.59. The highest BCUT2D eigenvalue weighted by Crippen LogP contribution is 2.13. The first kappa shape index (κ1) is 11.8. The van der Waals surface area contributed by atoms with Crippen molar-refractivity contribution in [3.05, 3.63) is 35.4 Å². The molecular formula is C14H19N. The highest BCUT2D eigenvalue weighted by atomic mass is 14.9. The molecule has 0 saturated carbocycles. The molecule has 1 nitrogen and oxygen atoms in total. The second-order valence-electron chi connectivity index (χ2n) is 3.80. The summed E-state index contributed by atoms with van der Waals surface area (Å²) < 4.78 is 0. The smallest absolute Gasteiger partial charge is 0.0578 e. The Bertz CT molecular complexity index is 318. The van der Waals surface area contributed by atoms with Crippen LogP contribution in [0.3, 0.4) is 0 Å². The fourth-order valence-electron chi connectivity index (χ4n) is 1.59. The van der Waals surface area contributed by atoms with Gasteiger partial charge in [0.2, 0.25) is 0 Å². The Kier molecular flexibility index (Phi) is 4.93. The van der Waals surface area contributed by atoms with E-state index in [1.807, 2.05) is 0 Å². The van der Waals surface area contributed by atoms with Gasteiger partial charge in [-0.05, 0) is 24.5 Å². The summed E-state index contributed by atoms with van der Waals surface area (Å²) in [4.78, 5) is 0. The molecule has 1 atom stereocenters. The maximum atomic E-state index is 5.21. The van der Waals surface area contributed by atoms with Gasteiger partial charge in [-0.15, -0.1) is 6.42 Å². The zero-order valence-corrected chi connectivity index (χ0v) is 9.59. The van der Waals surface area contributed by atoms with Crippen LogP contribution in [-0.4, -0.2) is 6.54 Å². The van der Waals surface area contributed by atoms with Crippen LogP contribution < -0.4 is 5.32 Å². The zero-order valence-electron chi connectivity index (χ0n) is 9.59. The first-order chi connectivity index (χ1) is 7.27. The Hall–Kier alpha value is -1.26. The van der Waals surface area contributed by atoms with Crippen molar-refractivity contribution in [3.8, 4) is 12.3 Å². The van der Waals surface area contributed by atoms with Crippen molar-refractivity contribution in [3.63, 3.8) is 0 Å². The van der Waals surface area contributed by atoms with Gasteiger partial charge in [0, 0.05) is 6.04 Å². The molecule has 0 radical (unpaired) electrons. The largest absolute Gasteiger partial charge is 0.300 e. The molecule has 0 aliphatic carbocycles. The molecule has 0 spiro atoms. The Labute approximate surface area is 92.9 Å². The van der Waals surface area contributed by atoms with Gasteiger partial charge in [-0.2, -0.15) is 0 Å². The van der Waals surface area contributed by atoms with Crippen LogP contribution >= 0.6 is 0 Å². The van der Waals surface area contributed by atoms with Gasteiger partial charge in [-0.25, -0.2) is 0 Å². The third-order valence-corrected chi connectivity index (χ3v) is 2.53. The van der Waals surface area contributed by atoms with E-state index in [1.54, 1.807) is 0 Å². The zero-order chi connectivity index (χ0) is 11.1. The van der Waals surface area contributed by atoms with Crippen LogP contribution in [0.25, 0.3) is 0 Å². The second kappa shape index (κ2) is 6.27. The molecule has 0 fully saturated rings. The minimum Gasteiger partial charge on any atom is -0.300 e. The Balaban J connectivity index is 2.59. The van der Waals surface area contributed by atoms with E-state index in [9.17, 15) is 0 Å². The number of hydrogen-bond acceptors (Lipinski definition) is 1. The molecule has 1 heteroatoms. The summed E-state index contributed by atoms with van der Waals surface area (Å²) in [5.74, 6) is 2.59. The van der Waals surface area contributed by atoms with Gasteiger partial charge in [-0.3, -0.25) is 5.32 Å². The molecule has 0 bridgehead atoms. The van der Waals surface area contributed by atoms with Crippen LogP contribution in [0, 0.1) is 12.3 Å². The van der Waals surface area contributed by atoms with E-state index in [0.717, 1.165) is 6.42 Å². The van der Waals surface area contributed by atoms with Gasteiger partial charge in [0.25, 0.3) is 0 Å². The summed E-state index contributed by atoms with van der Waals surface area (Å²) in [6, 6.07) is 9.09. The second-order valence-corrected chi connectivity index (χ2v) is 3.80. The van der Waals surface area contributed by atoms with E-state index >= 15 is 0 Å². The number of terminal acetylenes is 1. The van der Waals surface area contributed by atoms with Crippen molar-refractivity contribution in [1.29, 1.82) is 0 Å². The molecule has 0 aliphatic heterocycles. The van der Waals surface area contributed by atoms with Crippen molar-refractivity contribution in [2.45, 2.75) is 32.7 Å². The van der Waals surface area contributed by atoms with Crippen molar-refractivity contribution in [2.24, 2.45) is 0 Å². The van der Waals surface area contributed by atoms with Crippen LogP contribution in [0.15, 0.2) is 24.3 Å². The van der Waals surface area contributed by atoms with E-state index in [1.165, 1.54) is 17.5 Å². The summed E-state index contributed by atoms with van der Waals surface area (Å²) >= 11 is 0. The summed E-state index contributed by atoms with van der Waals surface area (Å²) in [6.07, 6.45) is 7.56. The lowest BCUT2D eigenvalue weighted by Gasteiger charge is -2.12. The van der Waals surface area contributed by atoms with Crippen LogP contribution in [0.2, 0.25) is 0 Å². The normalized spacial score (nSPS) is 12.1. The van der Waals surface area contributed by atoms with Gasteiger partial charge >= 0.3 is 0 Å². The Morgan fingerprint density at radius 3 is 2.53 bits per heavy atom. The maximum Gasteiger partial charge on any atom is 0.0578 e. The van der Waals surface area contributed by atoms with Gasteiger partial charge in [0.1, 0.15) is 0 Å². The molecule has 0 saturated heterocycles. The first-order valence-electron chi connectivity index (χ1n) is 5.53. The van der Waals surface area contributed by atoms with Crippen LogP contribution in [-0.2, 0) is 6.42 Å². The molecule has 1 unspecified atom stereocenters. The fraction of sp³-hybridized carbons (Fsp3) is 0.429. The topological polar surface area (TPSA) is 12.0 Å². The molecule has 0 aliphatic rings. The molecule has 0 amide bonds. The predicted molar refractivity (Wildman–Crippen MR) is 65.7 cm³/mol. The van der Waals surface area contributed by atoms with Crippen molar-refractivity contribution in [2.75, 3.05) is 6.54 Å². The minimum atomic E-state index is 0.330. The monoisotopic (exact) mass is 201 g/mol. The van der Waals surface area contributed by atoms with E-state index in [0.29, 0.717) is 12.6 Å². The lowest BCUT2D eigenvalue weighted by Crippen LogP contribution is -2.18. The molecule has 0 heterocycles. The summed E-state index contributed by atoms with van der Waals surface area (Å²) in [5.41, 5.74) is 2.70. The Morgan fingerprint density at radius 2 is 2.00 bits per heavy atom. The van der Waals surface area contributed by atoms with Crippen LogP contribution in [0.1, 0.15) is 37.4 Å². The molecule has 1 aromatic rings. The number of nitrogens with one attached hydrogen (secondary N) is 1. The quantitative estimate of drug-likeness (QED) is 0.722.